The number of anilines is 2. The van der Waals surface area contributed by atoms with Crippen LogP contribution < -0.4 is 16.0 Å². The normalized spacial score (nSPS) is 16.1. The SMILES string of the molecule is N#Cc1nc(N)n(CC(=O)NC[C@H]2CCN(c3ccccc3)C2)c1C#N. The van der Waals surface area contributed by atoms with Gasteiger partial charge in [-0.15, -0.1) is 0 Å². The van der Waals surface area contributed by atoms with Crippen molar-refractivity contribution in [3.05, 3.63) is 41.7 Å². The fourth-order valence-corrected chi connectivity index (χ4v) is 3.15. The molecule has 2 heterocycles. The molecule has 1 aliphatic heterocycles. The maximum atomic E-state index is 12.2. The van der Waals surface area contributed by atoms with Gasteiger partial charge in [0.25, 0.3) is 0 Å². The Kier molecular flexibility index (Phi) is 5.04. The highest BCUT2D eigenvalue weighted by molar-refractivity contribution is 5.76. The summed E-state index contributed by atoms with van der Waals surface area (Å²) in [6, 6.07) is 13.9. The van der Waals surface area contributed by atoms with Gasteiger partial charge in [0.05, 0.1) is 0 Å². The van der Waals surface area contributed by atoms with Crippen LogP contribution in [0.3, 0.4) is 0 Å². The van der Waals surface area contributed by atoms with Crippen LogP contribution in [0.4, 0.5) is 11.6 Å². The number of carbonyl (C=O) groups excluding carboxylic acids is 1. The van der Waals surface area contributed by atoms with Gasteiger partial charge in [-0.1, -0.05) is 18.2 Å². The molecule has 8 nitrogen and oxygen atoms in total. The minimum absolute atomic E-state index is 0.00984. The van der Waals surface area contributed by atoms with Crippen LogP contribution in [0, 0.1) is 28.6 Å². The van der Waals surface area contributed by atoms with Gasteiger partial charge in [0, 0.05) is 25.3 Å². The fourth-order valence-electron chi connectivity index (χ4n) is 3.15. The molecule has 1 aromatic heterocycles. The smallest absolute Gasteiger partial charge is 0.240 e. The van der Waals surface area contributed by atoms with Crippen molar-refractivity contribution in [2.75, 3.05) is 30.3 Å². The number of nitrogens with two attached hydrogens (primary N) is 1. The number of amides is 1. The van der Waals surface area contributed by atoms with E-state index >= 15 is 0 Å². The Morgan fingerprint density at radius 3 is 2.77 bits per heavy atom. The third kappa shape index (κ3) is 3.60. The average Bonchev–Trinajstić information content (AvgIpc) is 3.25. The molecule has 1 amide bonds. The van der Waals surface area contributed by atoms with Gasteiger partial charge < -0.3 is 16.0 Å². The number of nitrogen functional groups attached to an aromatic ring is 1. The van der Waals surface area contributed by atoms with Crippen LogP contribution >= 0.6 is 0 Å². The zero-order valence-electron chi connectivity index (χ0n) is 14.2. The van der Waals surface area contributed by atoms with E-state index in [2.05, 4.69) is 27.3 Å². The molecule has 1 aromatic carbocycles. The lowest BCUT2D eigenvalue weighted by Gasteiger charge is -2.18. The third-order valence-corrected chi connectivity index (χ3v) is 4.51. The molecule has 1 atom stereocenters. The minimum Gasteiger partial charge on any atom is -0.371 e. The van der Waals surface area contributed by atoms with Crippen LogP contribution in [-0.4, -0.2) is 35.1 Å². The first-order valence-corrected chi connectivity index (χ1v) is 8.35. The van der Waals surface area contributed by atoms with E-state index in [1.807, 2.05) is 24.3 Å². The second kappa shape index (κ2) is 7.58. The second-order valence-corrected chi connectivity index (χ2v) is 6.22. The predicted octanol–water partition coefficient (Wildman–Crippen LogP) is 0.851. The summed E-state index contributed by atoms with van der Waals surface area (Å²) in [5, 5.41) is 21.0. The van der Waals surface area contributed by atoms with Crippen molar-refractivity contribution in [1.82, 2.24) is 14.9 Å². The molecule has 0 bridgehead atoms. The van der Waals surface area contributed by atoms with E-state index in [9.17, 15) is 4.79 Å². The van der Waals surface area contributed by atoms with Gasteiger partial charge in [-0.25, -0.2) is 4.98 Å². The topological polar surface area (TPSA) is 124 Å². The lowest BCUT2D eigenvalue weighted by molar-refractivity contribution is -0.121. The van der Waals surface area contributed by atoms with Crippen molar-refractivity contribution < 1.29 is 4.79 Å². The largest absolute Gasteiger partial charge is 0.371 e. The van der Waals surface area contributed by atoms with Gasteiger partial charge in [-0.05, 0) is 24.5 Å². The van der Waals surface area contributed by atoms with Crippen molar-refractivity contribution in [2.24, 2.45) is 5.92 Å². The molecule has 26 heavy (non-hydrogen) atoms. The molecule has 3 N–H and O–H groups in total. The first kappa shape index (κ1) is 17.3. The Morgan fingerprint density at radius 1 is 1.31 bits per heavy atom. The zero-order valence-corrected chi connectivity index (χ0v) is 14.2. The average molecular weight is 349 g/mol. The van der Waals surface area contributed by atoms with E-state index in [4.69, 9.17) is 16.3 Å². The Balaban J connectivity index is 1.54. The first-order chi connectivity index (χ1) is 12.6. The number of nitrogens with zero attached hydrogens (tertiary/aromatic N) is 5. The summed E-state index contributed by atoms with van der Waals surface area (Å²) in [4.78, 5) is 18.3. The number of rotatable bonds is 5. The van der Waals surface area contributed by atoms with Crippen LogP contribution in [0.15, 0.2) is 30.3 Å². The predicted molar refractivity (Wildman–Crippen MR) is 95.8 cm³/mol. The summed E-state index contributed by atoms with van der Waals surface area (Å²) in [6.07, 6.45) is 1.00. The van der Waals surface area contributed by atoms with E-state index in [1.54, 1.807) is 6.07 Å². The number of aromatic nitrogens is 2. The summed E-state index contributed by atoms with van der Waals surface area (Å²) < 4.78 is 1.26. The van der Waals surface area contributed by atoms with Gasteiger partial charge in [-0.2, -0.15) is 10.5 Å². The van der Waals surface area contributed by atoms with Crippen molar-refractivity contribution in [1.29, 1.82) is 10.5 Å². The standard InChI is InChI=1S/C18H19N7O/c19-8-15-16(9-20)25(18(21)23-15)12-17(26)22-10-13-6-7-24(11-13)14-4-2-1-3-5-14/h1-5,13H,6-7,10-12H2,(H2,21,23)(H,22,26)/t13-/m1/s1. The summed E-state index contributed by atoms with van der Waals surface area (Å²) in [6.45, 7) is 2.28. The highest BCUT2D eigenvalue weighted by atomic mass is 16.1. The number of para-hydroxylation sites is 1. The first-order valence-electron chi connectivity index (χ1n) is 8.35. The Hall–Kier alpha value is -3.52. The highest BCUT2D eigenvalue weighted by Gasteiger charge is 2.23. The van der Waals surface area contributed by atoms with Crippen molar-refractivity contribution >= 4 is 17.5 Å². The van der Waals surface area contributed by atoms with E-state index in [-0.39, 0.29) is 29.8 Å². The van der Waals surface area contributed by atoms with Crippen LogP contribution in [0.5, 0.6) is 0 Å². The summed E-state index contributed by atoms with van der Waals surface area (Å²) in [5.41, 5.74) is 6.84. The van der Waals surface area contributed by atoms with E-state index in [0.717, 1.165) is 19.5 Å². The van der Waals surface area contributed by atoms with E-state index < -0.39 is 0 Å². The Labute approximate surface area is 151 Å². The van der Waals surface area contributed by atoms with Gasteiger partial charge in [0.15, 0.2) is 11.4 Å². The van der Waals surface area contributed by atoms with Crippen LogP contribution in [0.2, 0.25) is 0 Å². The van der Waals surface area contributed by atoms with Crippen molar-refractivity contribution in [3.63, 3.8) is 0 Å². The molecule has 8 heteroatoms. The van der Waals surface area contributed by atoms with Crippen LogP contribution in [-0.2, 0) is 11.3 Å². The highest BCUT2D eigenvalue weighted by Crippen LogP contribution is 2.23. The maximum Gasteiger partial charge on any atom is 0.240 e. The van der Waals surface area contributed by atoms with Gasteiger partial charge in [0.1, 0.15) is 18.7 Å². The number of nitriles is 2. The minimum atomic E-state index is -0.256. The molecule has 3 rings (SSSR count). The molecule has 0 radical (unpaired) electrons. The molecule has 132 valence electrons. The number of imidazole rings is 1. The quantitative estimate of drug-likeness (QED) is 0.825. The van der Waals surface area contributed by atoms with Crippen LogP contribution in [0.1, 0.15) is 17.8 Å². The monoisotopic (exact) mass is 349 g/mol. The number of nitrogens with one attached hydrogen (secondary N) is 1. The second-order valence-electron chi connectivity index (χ2n) is 6.22. The summed E-state index contributed by atoms with van der Waals surface area (Å²) >= 11 is 0. The summed E-state index contributed by atoms with van der Waals surface area (Å²) in [5.74, 6) is 0.0991. The van der Waals surface area contributed by atoms with Gasteiger partial charge in [0.2, 0.25) is 11.9 Å². The molecular formula is C18H19N7O. The number of carbonyl (C=O) groups is 1. The van der Waals surface area contributed by atoms with Crippen LogP contribution in [0.25, 0.3) is 0 Å². The lowest BCUT2D eigenvalue weighted by Crippen LogP contribution is -2.33. The molecular weight excluding hydrogens is 330 g/mol. The molecule has 1 saturated heterocycles. The molecule has 0 aliphatic carbocycles. The number of hydrogen-bond acceptors (Lipinski definition) is 6. The lowest BCUT2D eigenvalue weighted by atomic mass is 10.1. The van der Waals surface area contributed by atoms with Crippen molar-refractivity contribution in [2.45, 2.75) is 13.0 Å². The Bertz CT molecular complexity index is 875. The van der Waals surface area contributed by atoms with E-state index in [1.165, 1.54) is 10.3 Å². The zero-order chi connectivity index (χ0) is 18.5. The number of benzene rings is 1. The molecule has 0 saturated carbocycles. The maximum absolute atomic E-state index is 12.2. The van der Waals surface area contributed by atoms with Gasteiger partial charge in [-0.3, -0.25) is 9.36 Å². The number of hydrogen-bond donors (Lipinski definition) is 2. The molecule has 2 aromatic rings. The Morgan fingerprint density at radius 2 is 2.08 bits per heavy atom. The molecule has 1 aliphatic rings. The van der Waals surface area contributed by atoms with Crippen molar-refractivity contribution in [3.8, 4) is 12.1 Å². The third-order valence-electron chi connectivity index (χ3n) is 4.51. The van der Waals surface area contributed by atoms with Gasteiger partial charge >= 0.3 is 0 Å². The molecule has 0 unspecified atom stereocenters. The summed E-state index contributed by atoms with van der Waals surface area (Å²) in [7, 11) is 0. The molecule has 0 spiro atoms. The van der Waals surface area contributed by atoms with E-state index in [0.29, 0.717) is 12.5 Å². The molecule has 1 fully saturated rings. The fraction of sp³-hybridized carbons (Fsp3) is 0.333.